The van der Waals surface area contributed by atoms with Gasteiger partial charge in [-0.05, 0) is 32.6 Å². The highest BCUT2D eigenvalue weighted by molar-refractivity contribution is 6.06. The molecule has 0 aromatic carbocycles. The highest BCUT2D eigenvalue weighted by atomic mass is 16.5. The topological polar surface area (TPSA) is 43.4 Å². The Bertz CT molecular complexity index is 332. The normalized spacial score (nSPS) is 27.8. The van der Waals surface area contributed by atoms with E-state index in [0.717, 1.165) is 6.42 Å². The van der Waals surface area contributed by atoms with Crippen LogP contribution < -0.4 is 0 Å². The lowest BCUT2D eigenvalue weighted by molar-refractivity contribution is -0.159. The number of hydrogen-bond acceptors (Lipinski definition) is 3. The quantitative estimate of drug-likeness (QED) is 0.404. The van der Waals surface area contributed by atoms with Gasteiger partial charge in [0.1, 0.15) is 5.41 Å². The van der Waals surface area contributed by atoms with Gasteiger partial charge in [-0.2, -0.15) is 0 Å². The lowest BCUT2D eigenvalue weighted by atomic mass is 9.80. The van der Waals surface area contributed by atoms with Gasteiger partial charge < -0.3 is 4.74 Å². The molecule has 3 nitrogen and oxygen atoms in total. The van der Waals surface area contributed by atoms with Crippen LogP contribution in [0.3, 0.4) is 0 Å². The molecule has 1 fully saturated rings. The number of hydrogen-bond donors (Lipinski definition) is 0. The van der Waals surface area contributed by atoms with Crippen molar-refractivity contribution in [3.05, 3.63) is 25.3 Å². The molecule has 0 N–H and O–H groups in total. The van der Waals surface area contributed by atoms with Crippen molar-refractivity contribution in [3.63, 3.8) is 0 Å². The third kappa shape index (κ3) is 2.48. The van der Waals surface area contributed by atoms with E-state index in [-0.39, 0.29) is 11.7 Å². The zero-order chi connectivity index (χ0) is 12.9. The van der Waals surface area contributed by atoms with Crippen molar-refractivity contribution in [1.82, 2.24) is 0 Å². The van der Waals surface area contributed by atoms with Crippen molar-refractivity contribution < 1.29 is 14.3 Å². The van der Waals surface area contributed by atoms with Crippen LogP contribution in [0.1, 0.15) is 32.6 Å². The second-order valence-electron chi connectivity index (χ2n) is 4.42. The molecule has 3 heteroatoms. The van der Waals surface area contributed by atoms with Gasteiger partial charge in [0.05, 0.1) is 6.61 Å². The summed E-state index contributed by atoms with van der Waals surface area (Å²) < 4.78 is 5.05. The van der Waals surface area contributed by atoms with Crippen molar-refractivity contribution in [2.75, 3.05) is 6.61 Å². The minimum absolute atomic E-state index is 0.00394. The fourth-order valence-electron chi connectivity index (χ4n) is 2.50. The van der Waals surface area contributed by atoms with Crippen molar-refractivity contribution in [1.29, 1.82) is 0 Å². The predicted octanol–water partition coefficient (Wildman–Crippen LogP) is 2.67. The average Bonchev–Trinajstić information content (AvgIpc) is 2.61. The third-order valence-electron chi connectivity index (χ3n) is 3.37. The van der Waals surface area contributed by atoms with E-state index in [1.165, 1.54) is 0 Å². The summed E-state index contributed by atoms with van der Waals surface area (Å²) in [4.78, 5) is 24.3. The van der Waals surface area contributed by atoms with Crippen LogP contribution in [-0.2, 0) is 14.3 Å². The maximum Gasteiger partial charge on any atom is 0.319 e. The Morgan fingerprint density at radius 1 is 1.53 bits per heavy atom. The van der Waals surface area contributed by atoms with Crippen LogP contribution in [0, 0.1) is 11.3 Å². The molecule has 0 unspecified atom stereocenters. The highest BCUT2D eigenvalue weighted by Crippen LogP contribution is 2.43. The Balaban J connectivity index is 2.93. The molecule has 2 atom stereocenters. The van der Waals surface area contributed by atoms with Gasteiger partial charge in [0.15, 0.2) is 5.78 Å². The molecule has 94 valence electrons. The van der Waals surface area contributed by atoms with Gasteiger partial charge in [0.2, 0.25) is 0 Å². The summed E-state index contributed by atoms with van der Waals surface area (Å²) in [5, 5.41) is 0. The first-order valence-electron chi connectivity index (χ1n) is 6.05. The van der Waals surface area contributed by atoms with Gasteiger partial charge in [-0.3, -0.25) is 9.59 Å². The van der Waals surface area contributed by atoms with Crippen molar-refractivity contribution >= 4 is 11.8 Å². The zero-order valence-corrected chi connectivity index (χ0v) is 10.4. The molecule has 0 aliphatic heterocycles. The van der Waals surface area contributed by atoms with Crippen LogP contribution in [0.25, 0.3) is 0 Å². The van der Waals surface area contributed by atoms with Crippen LogP contribution in [0.15, 0.2) is 25.3 Å². The summed E-state index contributed by atoms with van der Waals surface area (Å²) in [7, 11) is 0. The minimum atomic E-state index is -0.981. The number of esters is 1. The van der Waals surface area contributed by atoms with Crippen molar-refractivity contribution in [2.45, 2.75) is 32.6 Å². The minimum Gasteiger partial charge on any atom is -0.465 e. The molecule has 0 radical (unpaired) electrons. The van der Waals surface area contributed by atoms with Crippen LogP contribution >= 0.6 is 0 Å². The molecule has 0 spiro atoms. The van der Waals surface area contributed by atoms with Crippen LogP contribution in [0.2, 0.25) is 0 Å². The molecule has 1 aliphatic carbocycles. The molecule has 0 aromatic rings. The van der Waals surface area contributed by atoms with Crippen LogP contribution in [0.5, 0.6) is 0 Å². The van der Waals surface area contributed by atoms with E-state index >= 15 is 0 Å². The SMILES string of the molecule is C=CC[C@H]1CC[C@](CC=C)(C(=O)OCC)C1=O. The fourth-order valence-corrected chi connectivity index (χ4v) is 2.50. The lowest BCUT2D eigenvalue weighted by Gasteiger charge is -2.24. The second-order valence-corrected chi connectivity index (χ2v) is 4.42. The monoisotopic (exact) mass is 236 g/mol. The summed E-state index contributed by atoms with van der Waals surface area (Å²) in [6.07, 6.45) is 5.67. The first kappa shape index (κ1) is 13.7. The smallest absolute Gasteiger partial charge is 0.319 e. The van der Waals surface area contributed by atoms with Gasteiger partial charge in [-0.1, -0.05) is 12.2 Å². The number of carbonyl (C=O) groups excluding carboxylic acids is 2. The molecule has 0 heterocycles. The number of ketones is 1. The van der Waals surface area contributed by atoms with Crippen molar-refractivity contribution in [3.8, 4) is 0 Å². The second kappa shape index (κ2) is 5.80. The van der Waals surface area contributed by atoms with E-state index in [0.29, 0.717) is 25.9 Å². The van der Waals surface area contributed by atoms with Gasteiger partial charge in [0, 0.05) is 5.92 Å². The zero-order valence-electron chi connectivity index (χ0n) is 10.4. The summed E-state index contributed by atoms with van der Waals surface area (Å²) in [5.74, 6) is -0.482. The summed E-state index contributed by atoms with van der Waals surface area (Å²) >= 11 is 0. The maximum atomic E-state index is 12.3. The molecule has 0 aromatic heterocycles. The molecule has 1 aliphatic rings. The summed E-state index contributed by atoms with van der Waals surface area (Å²) in [5.41, 5.74) is -0.981. The number of carbonyl (C=O) groups is 2. The maximum absolute atomic E-state index is 12.3. The third-order valence-corrected chi connectivity index (χ3v) is 3.37. The van der Waals surface area contributed by atoms with Crippen LogP contribution in [0.4, 0.5) is 0 Å². The van der Waals surface area contributed by atoms with Gasteiger partial charge in [-0.25, -0.2) is 0 Å². The van der Waals surface area contributed by atoms with E-state index in [4.69, 9.17) is 4.74 Å². The molecular formula is C14H20O3. The van der Waals surface area contributed by atoms with Gasteiger partial charge >= 0.3 is 5.97 Å². The number of Topliss-reactive ketones (excluding diaryl/α,β-unsaturated/α-hetero) is 1. The first-order valence-corrected chi connectivity index (χ1v) is 6.05. The Hall–Kier alpha value is -1.38. The summed E-state index contributed by atoms with van der Waals surface area (Å²) in [6, 6.07) is 0. The highest BCUT2D eigenvalue weighted by Gasteiger charge is 2.52. The van der Waals surface area contributed by atoms with Gasteiger partial charge in [0.25, 0.3) is 0 Å². The Morgan fingerprint density at radius 3 is 2.76 bits per heavy atom. The predicted molar refractivity (Wildman–Crippen MR) is 66.4 cm³/mol. The number of allylic oxidation sites excluding steroid dienone is 2. The molecule has 0 bridgehead atoms. The van der Waals surface area contributed by atoms with Gasteiger partial charge in [-0.15, -0.1) is 13.2 Å². The molecule has 1 rings (SSSR count). The Labute approximate surface area is 103 Å². The van der Waals surface area contributed by atoms with Crippen LogP contribution in [-0.4, -0.2) is 18.4 Å². The molecule has 1 saturated carbocycles. The largest absolute Gasteiger partial charge is 0.465 e. The molecule has 0 saturated heterocycles. The van der Waals surface area contributed by atoms with E-state index in [1.807, 2.05) is 0 Å². The Kier molecular flexibility index (Phi) is 4.67. The molecular weight excluding hydrogens is 216 g/mol. The first-order chi connectivity index (χ1) is 8.12. The van der Waals surface area contributed by atoms with E-state index in [2.05, 4.69) is 13.2 Å². The standard InChI is InChI=1S/C14H20O3/c1-4-7-11-8-10-14(9-5-2,12(11)15)13(16)17-6-3/h4-5,11H,1-2,6-10H2,3H3/t11-,14-/m0/s1. The molecule has 17 heavy (non-hydrogen) atoms. The van der Waals surface area contributed by atoms with E-state index in [1.54, 1.807) is 19.1 Å². The molecule has 0 amide bonds. The Morgan fingerprint density at radius 2 is 2.24 bits per heavy atom. The summed E-state index contributed by atoms with van der Waals surface area (Å²) in [6.45, 7) is 9.33. The fraction of sp³-hybridized carbons (Fsp3) is 0.571. The average molecular weight is 236 g/mol. The van der Waals surface area contributed by atoms with E-state index in [9.17, 15) is 9.59 Å². The lowest BCUT2D eigenvalue weighted by Crippen LogP contribution is -2.38. The number of ether oxygens (including phenoxy) is 1. The van der Waals surface area contributed by atoms with E-state index < -0.39 is 11.4 Å². The van der Waals surface area contributed by atoms with Crippen molar-refractivity contribution in [2.24, 2.45) is 11.3 Å². The number of rotatable bonds is 6.